The average molecular weight is 411 g/mol. The summed E-state index contributed by atoms with van der Waals surface area (Å²) in [6, 6.07) is 7.83. The van der Waals surface area contributed by atoms with E-state index in [1.165, 1.54) is 11.3 Å². The van der Waals surface area contributed by atoms with E-state index in [1.54, 1.807) is 20.8 Å². The van der Waals surface area contributed by atoms with Crippen molar-refractivity contribution in [3.63, 3.8) is 0 Å². The number of nitrogens with zero attached hydrogens (tertiary/aromatic N) is 1. The molecule has 1 amide bonds. The molecule has 0 spiro atoms. The molecule has 5 nitrogen and oxygen atoms in total. The number of nitrogens with one attached hydrogen (secondary N) is 1. The van der Waals surface area contributed by atoms with Crippen LogP contribution in [0.5, 0.6) is 0 Å². The smallest absolute Gasteiger partial charge is 0.408 e. The highest BCUT2D eigenvalue weighted by atomic mass is 79.9. The van der Waals surface area contributed by atoms with E-state index in [1.807, 2.05) is 29.6 Å². The summed E-state index contributed by atoms with van der Waals surface area (Å²) in [5.41, 5.74) is 1.25. The van der Waals surface area contributed by atoms with Crippen molar-refractivity contribution in [1.29, 1.82) is 0 Å². The first-order valence-electron chi connectivity index (χ1n) is 7.42. The standard InChI is InChI=1S/C17H19BrN2O3S/c1-17(2,3)23-16(22)19-9-13(21)8-15-20-14(10-24-15)11-5-4-6-12(18)7-11/h4-7,10H,8-9H2,1-3H3,(H,19,22). The highest BCUT2D eigenvalue weighted by Gasteiger charge is 2.17. The number of benzene rings is 1. The first kappa shape index (κ1) is 18.6. The minimum atomic E-state index is -0.593. The van der Waals surface area contributed by atoms with Crippen molar-refractivity contribution in [3.8, 4) is 11.3 Å². The Labute approximate surface area is 153 Å². The number of ketones is 1. The number of aromatic nitrogens is 1. The minimum Gasteiger partial charge on any atom is -0.444 e. The zero-order valence-corrected chi connectivity index (χ0v) is 16.2. The fourth-order valence-electron chi connectivity index (χ4n) is 1.89. The maximum atomic E-state index is 12.0. The number of ether oxygens (including phenoxy) is 1. The summed E-state index contributed by atoms with van der Waals surface area (Å²) in [5.74, 6) is -0.115. The Morgan fingerprint density at radius 1 is 1.33 bits per heavy atom. The highest BCUT2D eigenvalue weighted by Crippen LogP contribution is 2.24. The Hall–Kier alpha value is -1.73. The highest BCUT2D eigenvalue weighted by molar-refractivity contribution is 9.10. The molecule has 1 aromatic heterocycles. The molecule has 0 aliphatic rings. The van der Waals surface area contributed by atoms with Gasteiger partial charge in [-0.15, -0.1) is 11.3 Å². The average Bonchev–Trinajstić information content (AvgIpc) is 2.92. The van der Waals surface area contributed by atoms with Gasteiger partial charge in [0.15, 0.2) is 5.78 Å². The maximum Gasteiger partial charge on any atom is 0.408 e. The number of carbonyl (C=O) groups excluding carboxylic acids is 2. The first-order valence-corrected chi connectivity index (χ1v) is 9.09. The Balaban J connectivity index is 1.88. The summed E-state index contributed by atoms with van der Waals surface area (Å²) in [7, 11) is 0. The van der Waals surface area contributed by atoms with Crippen molar-refractivity contribution in [1.82, 2.24) is 10.3 Å². The number of amides is 1. The molecule has 0 radical (unpaired) electrons. The molecule has 0 aliphatic carbocycles. The zero-order valence-electron chi connectivity index (χ0n) is 13.8. The molecule has 0 bridgehead atoms. The first-order chi connectivity index (χ1) is 11.2. The van der Waals surface area contributed by atoms with E-state index < -0.39 is 11.7 Å². The van der Waals surface area contributed by atoms with E-state index in [-0.39, 0.29) is 18.7 Å². The van der Waals surface area contributed by atoms with E-state index in [0.29, 0.717) is 0 Å². The number of rotatable bonds is 5. The van der Waals surface area contributed by atoms with Crippen molar-refractivity contribution >= 4 is 39.1 Å². The molecule has 2 aromatic rings. The third kappa shape index (κ3) is 6.05. The predicted molar refractivity (Wildman–Crippen MR) is 98.2 cm³/mol. The van der Waals surface area contributed by atoms with Gasteiger partial charge in [0.1, 0.15) is 10.6 Å². The molecular weight excluding hydrogens is 392 g/mol. The van der Waals surface area contributed by atoms with Gasteiger partial charge in [0.25, 0.3) is 0 Å². The topological polar surface area (TPSA) is 68.3 Å². The Morgan fingerprint density at radius 3 is 2.75 bits per heavy atom. The lowest BCUT2D eigenvalue weighted by atomic mass is 10.2. The number of halogens is 1. The van der Waals surface area contributed by atoms with E-state index in [2.05, 4.69) is 26.2 Å². The Bertz CT molecular complexity index is 737. The van der Waals surface area contributed by atoms with Gasteiger partial charge in [0.2, 0.25) is 0 Å². The second-order valence-electron chi connectivity index (χ2n) is 6.21. The molecular formula is C17H19BrN2O3S. The van der Waals surface area contributed by atoms with Crippen LogP contribution >= 0.6 is 27.3 Å². The minimum absolute atomic E-state index is 0.0687. The van der Waals surface area contributed by atoms with Crippen LogP contribution in [0.1, 0.15) is 25.8 Å². The van der Waals surface area contributed by atoms with Crippen molar-refractivity contribution in [2.24, 2.45) is 0 Å². The van der Waals surface area contributed by atoms with Gasteiger partial charge >= 0.3 is 6.09 Å². The lowest BCUT2D eigenvalue weighted by Crippen LogP contribution is -2.35. The molecule has 0 saturated carbocycles. The molecule has 1 aromatic carbocycles. The van der Waals surface area contributed by atoms with Crippen LogP contribution in [-0.2, 0) is 16.0 Å². The van der Waals surface area contributed by atoms with Crippen LogP contribution in [0, 0.1) is 0 Å². The summed E-state index contributed by atoms with van der Waals surface area (Å²) in [5, 5.41) is 5.11. The van der Waals surface area contributed by atoms with Crippen LogP contribution in [0.25, 0.3) is 11.3 Å². The van der Waals surface area contributed by atoms with Crippen LogP contribution in [0.4, 0.5) is 4.79 Å². The Morgan fingerprint density at radius 2 is 2.08 bits per heavy atom. The van der Waals surface area contributed by atoms with Crippen LogP contribution in [-0.4, -0.2) is 29.0 Å². The largest absolute Gasteiger partial charge is 0.444 e. The number of hydrogen-bond donors (Lipinski definition) is 1. The summed E-state index contributed by atoms with van der Waals surface area (Å²) in [6.45, 7) is 5.25. The monoisotopic (exact) mass is 410 g/mol. The van der Waals surface area contributed by atoms with Gasteiger partial charge in [0.05, 0.1) is 18.7 Å². The van der Waals surface area contributed by atoms with Gasteiger partial charge in [0, 0.05) is 15.4 Å². The van der Waals surface area contributed by atoms with Crippen LogP contribution in [0.3, 0.4) is 0 Å². The summed E-state index contributed by atoms with van der Waals surface area (Å²) < 4.78 is 6.07. The lowest BCUT2D eigenvalue weighted by molar-refractivity contribution is -0.117. The number of hydrogen-bond acceptors (Lipinski definition) is 5. The number of carbonyl (C=O) groups is 2. The van der Waals surface area contributed by atoms with Crippen molar-refractivity contribution in [3.05, 3.63) is 39.1 Å². The van der Waals surface area contributed by atoms with Gasteiger partial charge in [-0.05, 0) is 32.9 Å². The molecule has 1 N–H and O–H groups in total. The second kappa shape index (κ2) is 7.90. The molecule has 128 valence electrons. The lowest BCUT2D eigenvalue weighted by Gasteiger charge is -2.19. The van der Waals surface area contributed by atoms with Gasteiger partial charge in [-0.25, -0.2) is 9.78 Å². The maximum absolute atomic E-state index is 12.0. The zero-order chi connectivity index (χ0) is 17.7. The third-order valence-electron chi connectivity index (χ3n) is 2.85. The van der Waals surface area contributed by atoms with Crippen molar-refractivity contribution in [2.75, 3.05) is 6.54 Å². The molecule has 0 atom stereocenters. The van der Waals surface area contributed by atoms with Gasteiger partial charge < -0.3 is 10.1 Å². The van der Waals surface area contributed by atoms with E-state index >= 15 is 0 Å². The van der Waals surface area contributed by atoms with Gasteiger partial charge in [-0.2, -0.15) is 0 Å². The number of Topliss-reactive ketones (excluding diaryl/α,β-unsaturated/α-hetero) is 1. The summed E-state index contributed by atoms with van der Waals surface area (Å²) >= 11 is 4.86. The summed E-state index contributed by atoms with van der Waals surface area (Å²) in [6.07, 6.45) is -0.404. The second-order valence-corrected chi connectivity index (χ2v) is 8.07. The van der Waals surface area contributed by atoms with Crippen molar-refractivity contribution < 1.29 is 14.3 Å². The van der Waals surface area contributed by atoms with E-state index in [4.69, 9.17) is 4.74 Å². The number of thiazole rings is 1. The quantitative estimate of drug-likeness (QED) is 0.801. The molecule has 0 aliphatic heterocycles. The molecule has 0 unspecified atom stereocenters. The molecule has 2 rings (SSSR count). The third-order valence-corrected chi connectivity index (χ3v) is 4.19. The normalized spacial score (nSPS) is 11.2. The SMILES string of the molecule is CC(C)(C)OC(=O)NCC(=O)Cc1nc(-c2cccc(Br)c2)cs1. The molecule has 7 heteroatoms. The van der Waals surface area contributed by atoms with Crippen LogP contribution in [0.15, 0.2) is 34.1 Å². The fraction of sp³-hybridized carbons (Fsp3) is 0.353. The molecule has 0 fully saturated rings. The molecule has 0 saturated heterocycles. The predicted octanol–water partition coefficient (Wildman–Crippen LogP) is 4.21. The Kier molecular flexibility index (Phi) is 6.12. The van der Waals surface area contributed by atoms with Crippen molar-refractivity contribution in [2.45, 2.75) is 32.8 Å². The molecule has 24 heavy (non-hydrogen) atoms. The van der Waals surface area contributed by atoms with Crippen LogP contribution in [0.2, 0.25) is 0 Å². The van der Waals surface area contributed by atoms with Crippen LogP contribution < -0.4 is 5.32 Å². The summed E-state index contributed by atoms with van der Waals surface area (Å²) in [4.78, 5) is 28.0. The fourth-order valence-corrected chi connectivity index (χ4v) is 3.12. The van der Waals surface area contributed by atoms with Gasteiger partial charge in [-0.1, -0.05) is 28.1 Å². The van der Waals surface area contributed by atoms with E-state index in [0.717, 1.165) is 20.7 Å². The molecule has 1 heterocycles. The van der Waals surface area contributed by atoms with Gasteiger partial charge in [-0.3, -0.25) is 4.79 Å². The van der Waals surface area contributed by atoms with E-state index in [9.17, 15) is 9.59 Å². The number of alkyl carbamates (subject to hydrolysis) is 1.